The van der Waals surface area contributed by atoms with Crippen molar-refractivity contribution in [1.82, 2.24) is 4.90 Å². The van der Waals surface area contributed by atoms with Crippen LogP contribution in [0.1, 0.15) is 39.5 Å². The fraction of sp³-hybridized carbons (Fsp3) is 1.00. The summed E-state index contributed by atoms with van der Waals surface area (Å²) in [5.41, 5.74) is 0.417. The lowest BCUT2D eigenvalue weighted by atomic mass is 9.83. The SMILES string of the molecule is CCC(CC)(CS)CN1CC2CCC(C1)O2. The van der Waals surface area contributed by atoms with Gasteiger partial charge in [0.25, 0.3) is 0 Å². The molecule has 2 heterocycles. The molecular formula is C13H25NOS. The highest BCUT2D eigenvalue weighted by molar-refractivity contribution is 7.80. The van der Waals surface area contributed by atoms with Crippen molar-refractivity contribution in [3.63, 3.8) is 0 Å². The fourth-order valence-corrected chi connectivity index (χ4v) is 3.60. The Morgan fingerprint density at radius 2 is 1.75 bits per heavy atom. The van der Waals surface area contributed by atoms with Crippen molar-refractivity contribution in [3.05, 3.63) is 0 Å². The molecule has 0 radical (unpaired) electrons. The van der Waals surface area contributed by atoms with Crippen LogP contribution >= 0.6 is 12.6 Å². The van der Waals surface area contributed by atoms with E-state index in [0.717, 1.165) is 18.8 Å². The van der Waals surface area contributed by atoms with Crippen LogP contribution in [-0.2, 0) is 4.74 Å². The monoisotopic (exact) mass is 243 g/mol. The second-order valence-electron chi connectivity index (χ2n) is 5.52. The summed E-state index contributed by atoms with van der Waals surface area (Å²) in [7, 11) is 0. The van der Waals surface area contributed by atoms with Gasteiger partial charge in [0, 0.05) is 19.6 Å². The summed E-state index contributed by atoms with van der Waals surface area (Å²) in [6.45, 7) is 8.10. The molecule has 2 fully saturated rings. The van der Waals surface area contributed by atoms with E-state index in [1.54, 1.807) is 0 Å². The summed E-state index contributed by atoms with van der Waals surface area (Å²) in [5, 5.41) is 0. The van der Waals surface area contributed by atoms with E-state index in [1.807, 2.05) is 0 Å². The van der Waals surface area contributed by atoms with Gasteiger partial charge in [0.15, 0.2) is 0 Å². The molecule has 0 aromatic heterocycles. The molecule has 2 unspecified atom stereocenters. The number of fused-ring (bicyclic) bond motifs is 2. The molecule has 2 aliphatic rings. The normalized spacial score (nSPS) is 30.9. The predicted octanol–water partition coefficient (Wildman–Crippen LogP) is 2.59. The Kier molecular flexibility index (Phi) is 4.20. The summed E-state index contributed by atoms with van der Waals surface area (Å²) in [5.74, 6) is 1.01. The maximum Gasteiger partial charge on any atom is 0.0707 e. The molecule has 0 aromatic carbocycles. The topological polar surface area (TPSA) is 12.5 Å². The molecular weight excluding hydrogens is 218 g/mol. The van der Waals surface area contributed by atoms with Gasteiger partial charge in [-0.1, -0.05) is 13.8 Å². The van der Waals surface area contributed by atoms with Gasteiger partial charge in [-0.25, -0.2) is 0 Å². The maximum absolute atomic E-state index is 5.88. The number of nitrogens with zero attached hydrogens (tertiary/aromatic N) is 1. The van der Waals surface area contributed by atoms with Gasteiger partial charge < -0.3 is 4.74 Å². The average molecular weight is 243 g/mol. The highest BCUT2D eigenvalue weighted by Gasteiger charge is 2.36. The number of rotatable bonds is 5. The molecule has 0 aromatic rings. The quantitative estimate of drug-likeness (QED) is 0.745. The Hall–Kier alpha value is 0.270. The summed E-state index contributed by atoms with van der Waals surface area (Å²) in [6.07, 6.45) is 6.05. The van der Waals surface area contributed by atoms with Crippen LogP contribution in [0, 0.1) is 5.41 Å². The molecule has 94 valence electrons. The molecule has 0 saturated carbocycles. The van der Waals surface area contributed by atoms with Gasteiger partial charge >= 0.3 is 0 Å². The summed E-state index contributed by atoms with van der Waals surface area (Å²) in [6, 6.07) is 0. The zero-order chi connectivity index (χ0) is 11.6. The lowest BCUT2D eigenvalue weighted by Crippen LogP contribution is -2.48. The largest absolute Gasteiger partial charge is 0.372 e. The van der Waals surface area contributed by atoms with Crippen LogP contribution in [0.15, 0.2) is 0 Å². The van der Waals surface area contributed by atoms with Crippen molar-refractivity contribution >= 4 is 12.6 Å². The highest BCUT2D eigenvalue weighted by Crippen LogP contribution is 2.32. The molecule has 2 rings (SSSR count). The zero-order valence-corrected chi connectivity index (χ0v) is 11.5. The molecule has 2 aliphatic heterocycles. The molecule has 0 aliphatic carbocycles. The van der Waals surface area contributed by atoms with Crippen LogP contribution in [0.5, 0.6) is 0 Å². The van der Waals surface area contributed by atoms with Gasteiger partial charge in [-0.05, 0) is 36.9 Å². The van der Waals surface area contributed by atoms with Crippen LogP contribution < -0.4 is 0 Å². The second kappa shape index (κ2) is 5.28. The van der Waals surface area contributed by atoms with E-state index in [1.165, 1.54) is 32.2 Å². The predicted molar refractivity (Wildman–Crippen MR) is 71.2 cm³/mol. The van der Waals surface area contributed by atoms with Gasteiger partial charge in [0.2, 0.25) is 0 Å². The van der Waals surface area contributed by atoms with Gasteiger partial charge in [-0.3, -0.25) is 4.90 Å². The number of thiol groups is 1. The van der Waals surface area contributed by atoms with E-state index >= 15 is 0 Å². The van der Waals surface area contributed by atoms with Crippen LogP contribution in [0.4, 0.5) is 0 Å². The van der Waals surface area contributed by atoms with Crippen molar-refractivity contribution in [2.75, 3.05) is 25.4 Å². The van der Waals surface area contributed by atoms with Crippen LogP contribution in [-0.4, -0.2) is 42.5 Å². The molecule has 0 spiro atoms. The Balaban J connectivity index is 1.93. The third-order valence-corrected chi connectivity index (χ3v) is 5.18. The Labute approximate surface area is 105 Å². The van der Waals surface area contributed by atoms with Crippen molar-refractivity contribution in [1.29, 1.82) is 0 Å². The minimum atomic E-state index is 0.417. The number of hydrogen-bond donors (Lipinski definition) is 1. The lowest BCUT2D eigenvalue weighted by Gasteiger charge is -2.40. The van der Waals surface area contributed by atoms with Gasteiger partial charge in [-0.15, -0.1) is 0 Å². The molecule has 2 atom stereocenters. The average Bonchev–Trinajstić information content (AvgIpc) is 2.66. The third-order valence-electron chi connectivity index (χ3n) is 4.51. The van der Waals surface area contributed by atoms with E-state index in [9.17, 15) is 0 Å². The van der Waals surface area contributed by atoms with Crippen molar-refractivity contribution in [2.24, 2.45) is 5.41 Å². The summed E-state index contributed by atoms with van der Waals surface area (Å²) >= 11 is 4.56. The van der Waals surface area contributed by atoms with Gasteiger partial charge in [-0.2, -0.15) is 12.6 Å². The van der Waals surface area contributed by atoms with E-state index in [-0.39, 0.29) is 0 Å². The van der Waals surface area contributed by atoms with E-state index < -0.39 is 0 Å². The summed E-state index contributed by atoms with van der Waals surface area (Å²) in [4.78, 5) is 2.62. The molecule has 2 saturated heterocycles. The first kappa shape index (κ1) is 12.7. The Morgan fingerprint density at radius 3 is 2.19 bits per heavy atom. The van der Waals surface area contributed by atoms with Crippen molar-refractivity contribution in [2.45, 2.75) is 51.7 Å². The smallest absolute Gasteiger partial charge is 0.0707 e. The summed E-state index contributed by atoms with van der Waals surface area (Å²) < 4.78 is 5.88. The van der Waals surface area contributed by atoms with Crippen molar-refractivity contribution < 1.29 is 4.74 Å². The van der Waals surface area contributed by atoms with Crippen LogP contribution in [0.25, 0.3) is 0 Å². The molecule has 0 N–H and O–H groups in total. The number of morpholine rings is 1. The standard InChI is InChI=1S/C13H25NOS/c1-3-13(4-2,10-16)9-14-7-11-5-6-12(8-14)15-11/h11-12,16H,3-10H2,1-2H3. The van der Waals surface area contributed by atoms with Crippen molar-refractivity contribution in [3.8, 4) is 0 Å². The zero-order valence-electron chi connectivity index (χ0n) is 10.6. The first-order valence-corrected chi connectivity index (χ1v) is 7.33. The molecule has 0 amide bonds. The number of ether oxygens (including phenoxy) is 1. The van der Waals surface area contributed by atoms with Gasteiger partial charge in [0.1, 0.15) is 0 Å². The Bertz CT molecular complexity index is 210. The maximum atomic E-state index is 5.88. The van der Waals surface area contributed by atoms with E-state index in [2.05, 4.69) is 31.4 Å². The Morgan fingerprint density at radius 1 is 1.19 bits per heavy atom. The highest BCUT2D eigenvalue weighted by atomic mass is 32.1. The van der Waals surface area contributed by atoms with E-state index in [0.29, 0.717) is 17.6 Å². The third kappa shape index (κ3) is 2.57. The first-order valence-electron chi connectivity index (χ1n) is 6.70. The van der Waals surface area contributed by atoms with Crippen LogP contribution in [0.3, 0.4) is 0 Å². The van der Waals surface area contributed by atoms with Gasteiger partial charge in [0.05, 0.1) is 12.2 Å². The first-order chi connectivity index (χ1) is 7.71. The fourth-order valence-electron chi connectivity index (χ4n) is 3.05. The minimum Gasteiger partial charge on any atom is -0.372 e. The molecule has 2 bridgehead atoms. The van der Waals surface area contributed by atoms with E-state index in [4.69, 9.17) is 4.74 Å². The molecule has 16 heavy (non-hydrogen) atoms. The number of likely N-dealkylation sites (tertiary alicyclic amines) is 1. The molecule has 2 nitrogen and oxygen atoms in total. The molecule has 3 heteroatoms. The lowest BCUT2D eigenvalue weighted by molar-refractivity contribution is -0.0494. The van der Waals surface area contributed by atoms with Crippen LogP contribution in [0.2, 0.25) is 0 Å². The number of hydrogen-bond acceptors (Lipinski definition) is 3. The minimum absolute atomic E-state index is 0.417. The second-order valence-corrected chi connectivity index (χ2v) is 5.83.